The Morgan fingerprint density at radius 1 is 0.975 bits per heavy atom. The Hall–Kier alpha value is -4.03. The summed E-state index contributed by atoms with van der Waals surface area (Å²) < 4.78 is 1.40. The van der Waals surface area contributed by atoms with Crippen molar-refractivity contribution in [3.05, 3.63) is 122 Å². The highest BCUT2D eigenvalue weighted by atomic mass is 35.5. The normalized spacial score (nSPS) is 13.4. The predicted molar refractivity (Wildman–Crippen MR) is 166 cm³/mol. The Bertz CT molecular complexity index is 1660. The molecule has 1 aromatic heterocycles. The Labute approximate surface area is 240 Å². The first kappa shape index (κ1) is 27.5. The molecule has 6 nitrogen and oxygen atoms in total. The summed E-state index contributed by atoms with van der Waals surface area (Å²) in [4.78, 5) is 25.8. The number of nitrogens with zero attached hydrogens (tertiary/aromatic N) is 5. The summed E-state index contributed by atoms with van der Waals surface area (Å²) in [6.45, 7) is 9.93. The van der Waals surface area contributed by atoms with Crippen molar-refractivity contribution in [2.45, 2.75) is 53.5 Å². The summed E-state index contributed by atoms with van der Waals surface area (Å²) in [5.74, 6) is 0.445. The van der Waals surface area contributed by atoms with Crippen molar-refractivity contribution in [2.75, 3.05) is 11.4 Å². The standard InChI is InChI=1S/C33H34ClN5O/c1-5-7-15-26-23(4)35-32-31(30(37-39(32)33(26)40)27-16-11-12-17-28(27)34)36-29-19-18-25(20-22(29)3)38(6-2)21-24-13-9-8-10-14-24/h8-14,16-20H,5-7,15,21H2,1-4H3. The van der Waals surface area contributed by atoms with E-state index in [2.05, 4.69) is 62.1 Å². The minimum Gasteiger partial charge on any atom is -0.367 e. The molecule has 0 saturated carbocycles. The van der Waals surface area contributed by atoms with Crippen LogP contribution in [0, 0.1) is 13.8 Å². The first-order chi connectivity index (χ1) is 19.4. The molecule has 0 fully saturated rings. The van der Waals surface area contributed by atoms with E-state index in [1.807, 2.05) is 43.3 Å². The summed E-state index contributed by atoms with van der Waals surface area (Å²) in [7, 11) is 0. The molecule has 1 aliphatic rings. The molecule has 0 N–H and O–H groups in total. The van der Waals surface area contributed by atoms with Crippen LogP contribution in [0.1, 0.15) is 60.5 Å². The summed E-state index contributed by atoms with van der Waals surface area (Å²) in [6.07, 6.45) is 2.59. The maximum Gasteiger partial charge on any atom is 0.277 e. The largest absolute Gasteiger partial charge is 0.367 e. The highest BCUT2D eigenvalue weighted by molar-refractivity contribution is 6.56. The van der Waals surface area contributed by atoms with Gasteiger partial charge < -0.3 is 4.90 Å². The molecule has 0 amide bonds. The fraction of sp³-hybridized carbons (Fsp3) is 0.273. The molecular formula is C33H34ClN5O. The molecule has 0 unspecified atom stereocenters. The highest BCUT2D eigenvalue weighted by Crippen LogP contribution is 2.29. The maximum absolute atomic E-state index is 13.5. The van der Waals surface area contributed by atoms with Gasteiger partial charge in [0, 0.05) is 35.6 Å². The number of halogens is 1. The lowest BCUT2D eigenvalue weighted by Gasteiger charge is -2.24. The van der Waals surface area contributed by atoms with Gasteiger partial charge in [0.05, 0.1) is 10.7 Å². The van der Waals surface area contributed by atoms with Crippen LogP contribution in [0.4, 0.5) is 11.4 Å². The number of aliphatic imine (C=N–C) groups is 1. The van der Waals surface area contributed by atoms with Crippen molar-refractivity contribution in [1.82, 2.24) is 9.66 Å². The molecule has 7 heteroatoms. The smallest absolute Gasteiger partial charge is 0.277 e. The summed E-state index contributed by atoms with van der Waals surface area (Å²) >= 11 is 6.61. The fourth-order valence-electron chi connectivity index (χ4n) is 5.00. The van der Waals surface area contributed by atoms with E-state index in [1.165, 1.54) is 10.2 Å². The first-order valence-corrected chi connectivity index (χ1v) is 14.2. The molecule has 0 aliphatic carbocycles. The van der Waals surface area contributed by atoms with E-state index in [1.54, 1.807) is 0 Å². The van der Waals surface area contributed by atoms with Crippen molar-refractivity contribution in [1.29, 1.82) is 0 Å². The van der Waals surface area contributed by atoms with E-state index in [0.717, 1.165) is 54.1 Å². The number of fused-ring (bicyclic) bond motifs is 1. The zero-order chi connectivity index (χ0) is 28.2. The second kappa shape index (κ2) is 12.0. The molecule has 40 heavy (non-hydrogen) atoms. The molecule has 0 bridgehead atoms. The quantitative estimate of drug-likeness (QED) is 0.220. The van der Waals surface area contributed by atoms with Crippen LogP contribution in [-0.4, -0.2) is 27.6 Å². The van der Waals surface area contributed by atoms with Crippen molar-refractivity contribution in [3.63, 3.8) is 0 Å². The minimum absolute atomic E-state index is 0.141. The molecule has 0 spiro atoms. The third-order valence-corrected chi connectivity index (χ3v) is 7.61. The molecule has 4 aromatic rings. The Balaban J connectivity index is 1.59. The summed E-state index contributed by atoms with van der Waals surface area (Å²) in [5, 5.41) is 5.29. The third-order valence-electron chi connectivity index (χ3n) is 7.28. The lowest BCUT2D eigenvalue weighted by atomic mass is 10.0. The Kier molecular flexibility index (Phi) is 8.27. The fourth-order valence-corrected chi connectivity index (χ4v) is 5.23. The number of hydrogen-bond acceptors (Lipinski definition) is 5. The van der Waals surface area contributed by atoms with Gasteiger partial charge in [0.25, 0.3) is 5.56 Å². The van der Waals surface area contributed by atoms with E-state index in [0.29, 0.717) is 34.3 Å². The molecule has 0 radical (unpaired) electrons. The molecule has 5 rings (SSSR count). The van der Waals surface area contributed by atoms with Gasteiger partial charge >= 0.3 is 0 Å². The van der Waals surface area contributed by atoms with Crippen LogP contribution >= 0.6 is 11.6 Å². The average molecular weight is 552 g/mol. The van der Waals surface area contributed by atoms with Crippen LogP contribution < -0.4 is 10.5 Å². The molecule has 1 aliphatic heterocycles. The molecule has 204 valence electrons. The molecule has 3 aromatic carbocycles. The summed E-state index contributed by atoms with van der Waals surface area (Å²) in [5.41, 5.74) is 7.30. The van der Waals surface area contributed by atoms with Crippen LogP contribution in [-0.2, 0) is 13.0 Å². The van der Waals surface area contributed by atoms with E-state index in [-0.39, 0.29) is 5.56 Å². The maximum atomic E-state index is 13.5. The van der Waals surface area contributed by atoms with Crippen LogP contribution in [0.25, 0.3) is 0 Å². The number of benzene rings is 3. The van der Waals surface area contributed by atoms with Gasteiger partial charge in [0.15, 0.2) is 5.82 Å². The van der Waals surface area contributed by atoms with Gasteiger partial charge in [-0.05, 0) is 69.0 Å². The van der Waals surface area contributed by atoms with Gasteiger partial charge in [-0.1, -0.05) is 73.5 Å². The van der Waals surface area contributed by atoms with Crippen LogP contribution in [0.5, 0.6) is 0 Å². The second-order valence-electron chi connectivity index (χ2n) is 10.1. The van der Waals surface area contributed by atoms with E-state index in [9.17, 15) is 4.79 Å². The zero-order valence-electron chi connectivity index (χ0n) is 23.5. The molecular weight excluding hydrogens is 518 g/mol. The number of hydrogen-bond donors (Lipinski definition) is 0. The lowest BCUT2D eigenvalue weighted by molar-refractivity contribution is 0.726. The minimum atomic E-state index is -0.141. The van der Waals surface area contributed by atoms with Gasteiger partial charge in [-0.2, -0.15) is 9.78 Å². The zero-order valence-corrected chi connectivity index (χ0v) is 24.2. The van der Waals surface area contributed by atoms with Crippen LogP contribution in [0.15, 0.2) is 87.7 Å². The molecule has 0 saturated heterocycles. The SMILES string of the molecule is CCCCc1c(C)nc2n(c1=O)N=C(c1ccccc1Cl)C2=Nc1ccc(N(CC)Cc2ccccc2)cc1C. The molecule has 2 heterocycles. The molecule has 0 atom stereocenters. The first-order valence-electron chi connectivity index (χ1n) is 13.9. The average Bonchev–Trinajstić information content (AvgIpc) is 3.31. The number of aromatic nitrogens is 2. The van der Waals surface area contributed by atoms with E-state index >= 15 is 0 Å². The lowest BCUT2D eigenvalue weighted by Crippen LogP contribution is -2.26. The number of anilines is 1. The number of rotatable bonds is 9. The number of aryl methyl sites for hydroxylation is 2. The van der Waals surface area contributed by atoms with Crippen molar-refractivity contribution in [3.8, 4) is 0 Å². The van der Waals surface area contributed by atoms with Gasteiger partial charge in [-0.15, -0.1) is 0 Å². The van der Waals surface area contributed by atoms with Gasteiger partial charge in [0.1, 0.15) is 11.4 Å². The van der Waals surface area contributed by atoms with E-state index in [4.69, 9.17) is 26.7 Å². The topological polar surface area (TPSA) is 62.9 Å². The monoisotopic (exact) mass is 551 g/mol. The Morgan fingerprint density at radius 2 is 1.73 bits per heavy atom. The van der Waals surface area contributed by atoms with Crippen LogP contribution in [0.2, 0.25) is 5.02 Å². The van der Waals surface area contributed by atoms with Gasteiger partial charge in [-0.25, -0.2) is 9.98 Å². The van der Waals surface area contributed by atoms with Crippen molar-refractivity contribution >= 4 is 34.4 Å². The number of unbranched alkanes of at least 4 members (excludes halogenated alkanes) is 1. The Morgan fingerprint density at radius 3 is 2.42 bits per heavy atom. The van der Waals surface area contributed by atoms with Crippen LogP contribution in [0.3, 0.4) is 0 Å². The highest BCUT2D eigenvalue weighted by Gasteiger charge is 2.30. The summed E-state index contributed by atoms with van der Waals surface area (Å²) in [6, 6.07) is 24.3. The van der Waals surface area contributed by atoms with Gasteiger partial charge in [-0.3, -0.25) is 4.79 Å². The third kappa shape index (κ3) is 5.50. The van der Waals surface area contributed by atoms with Crippen molar-refractivity contribution < 1.29 is 0 Å². The van der Waals surface area contributed by atoms with Crippen molar-refractivity contribution in [2.24, 2.45) is 10.1 Å². The van der Waals surface area contributed by atoms with Gasteiger partial charge in [0.2, 0.25) is 0 Å². The second-order valence-corrected chi connectivity index (χ2v) is 10.5. The van der Waals surface area contributed by atoms with E-state index < -0.39 is 0 Å². The predicted octanol–water partition coefficient (Wildman–Crippen LogP) is 7.27.